The van der Waals surface area contributed by atoms with Crippen LogP contribution in [0.2, 0.25) is 0 Å². The Bertz CT molecular complexity index is 436. The van der Waals surface area contributed by atoms with E-state index in [0.29, 0.717) is 5.56 Å². The Morgan fingerprint density at radius 3 is 2.77 bits per heavy atom. The first kappa shape index (κ1) is 8.74. The van der Waals surface area contributed by atoms with Gasteiger partial charge in [0.15, 0.2) is 6.29 Å². The van der Waals surface area contributed by atoms with Crippen LogP contribution in [-0.4, -0.2) is 15.2 Å². The molecule has 0 aliphatic rings. The largest absolute Gasteiger partial charge is 0.364 e. The summed E-state index contributed by atoms with van der Waals surface area (Å²) in [5.74, 6) is 0. The molecule has 13 heavy (non-hydrogen) atoms. The Morgan fingerprint density at radius 2 is 2.08 bits per heavy atom. The predicted octanol–water partition coefficient (Wildman–Crippen LogP) is 1.91. The number of benzene rings is 1. The van der Waals surface area contributed by atoms with Gasteiger partial charge >= 0.3 is 0 Å². The lowest BCUT2D eigenvalue weighted by molar-refractivity contribution is -0.0424. The van der Waals surface area contributed by atoms with E-state index in [1.165, 1.54) is 0 Å². The predicted molar refractivity (Wildman–Crippen MR) is 53.2 cm³/mol. The van der Waals surface area contributed by atoms with E-state index in [-0.39, 0.29) is 0 Å². The molecule has 0 aliphatic heterocycles. The summed E-state index contributed by atoms with van der Waals surface area (Å²) < 4.78 is 0.832. The van der Waals surface area contributed by atoms with Crippen LogP contribution >= 0.6 is 15.9 Å². The van der Waals surface area contributed by atoms with Crippen molar-refractivity contribution < 1.29 is 10.2 Å². The Morgan fingerprint density at radius 1 is 1.31 bits per heavy atom. The van der Waals surface area contributed by atoms with Crippen LogP contribution in [0.1, 0.15) is 11.9 Å². The molecule has 2 rings (SSSR count). The molecule has 3 nitrogen and oxygen atoms in total. The van der Waals surface area contributed by atoms with Crippen LogP contribution < -0.4 is 0 Å². The van der Waals surface area contributed by atoms with Crippen molar-refractivity contribution in [2.45, 2.75) is 6.29 Å². The fourth-order valence-corrected chi connectivity index (χ4v) is 1.91. The van der Waals surface area contributed by atoms with E-state index < -0.39 is 6.29 Å². The molecule has 68 valence electrons. The maximum Gasteiger partial charge on any atom is 0.178 e. The van der Waals surface area contributed by atoms with Crippen molar-refractivity contribution in [3.63, 3.8) is 0 Å². The van der Waals surface area contributed by atoms with Crippen molar-refractivity contribution in [3.8, 4) is 0 Å². The van der Waals surface area contributed by atoms with Gasteiger partial charge in [-0.05, 0) is 34.1 Å². The van der Waals surface area contributed by atoms with Crippen LogP contribution in [0, 0.1) is 0 Å². The Balaban J connectivity index is 2.70. The van der Waals surface area contributed by atoms with Gasteiger partial charge in [-0.3, -0.25) is 0 Å². The van der Waals surface area contributed by atoms with Crippen molar-refractivity contribution in [2.24, 2.45) is 0 Å². The van der Waals surface area contributed by atoms with Crippen LogP contribution in [0.15, 0.2) is 28.9 Å². The zero-order valence-corrected chi connectivity index (χ0v) is 8.25. The first-order valence-electron chi connectivity index (χ1n) is 3.81. The number of rotatable bonds is 1. The molecular weight excluding hydrogens is 234 g/mol. The number of H-pyrrole nitrogens is 1. The fraction of sp³-hybridized carbons (Fsp3) is 0.111. The highest BCUT2D eigenvalue weighted by Gasteiger charge is 2.07. The van der Waals surface area contributed by atoms with Crippen molar-refractivity contribution >= 4 is 26.8 Å². The molecule has 2 aromatic rings. The van der Waals surface area contributed by atoms with Gasteiger partial charge in [0.1, 0.15) is 0 Å². The van der Waals surface area contributed by atoms with Gasteiger partial charge in [0.2, 0.25) is 0 Å². The highest BCUT2D eigenvalue weighted by molar-refractivity contribution is 9.10. The molecule has 0 spiro atoms. The molecule has 4 heteroatoms. The van der Waals surface area contributed by atoms with E-state index in [4.69, 9.17) is 10.2 Å². The summed E-state index contributed by atoms with van der Waals surface area (Å²) in [7, 11) is 0. The quantitative estimate of drug-likeness (QED) is 0.669. The Labute approximate surface area is 83.1 Å². The molecule has 3 N–H and O–H groups in total. The molecule has 1 heterocycles. The van der Waals surface area contributed by atoms with E-state index in [1.54, 1.807) is 12.1 Å². The molecule has 0 unspecified atom stereocenters. The summed E-state index contributed by atoms with van der Waals surface area (Å²) >= 11 is 3.34. The van der Waals surface area contributed by atoms with Gasteiger partial charge in [-0.15, -0.1) is 0 Å². The average Bonchev–Trinajstić information content (AvgIpc) is 2.51. The summed E-state index contributed by atoms with van der Waals surface area (Å²) in [4.78, 5) is 3.04. The minimum absolute atomic E-state index is 0.485. The third-order valence-electron chi connectivity index (χ3n) is 1.93. The topological polar surface area (TPSA) is 56.2 Å². The van der Waals surface area contributed by atoms with Crippen molar-refractivity contribution in [2.75, 3.05) is 0 Å². The number of halogens is 1. The van der Waals surface area contributed by atoms with Crippen molar-refractivity contribution in [3.05, 3.63) is 34.4 Å². The lowest BCUT2D eigenvalue weighted by Gasteiger charge is -2.04. The molecule has 1 aromatic carbocycles. The van der Waals surface area contributed by atoms with Gasteiger partial charge in [-0.1, -0.05) is 0 Å². The maximum absolute atomic E-state index is 8.97. The third-order valence-corrected chi connectivity index (χ3v) is 2.56. The minimum atomic E-state index is -1.42. The molecule has 0 aliphatic carbocycles. The smallest absolute Gasteiger partial charge is 0.178 e. The summed E-state index contributed by atoms with van der Waals surface area (Å²) in [5, 5.41) is 18.9. The van der Waals surface area contributed by atoms with Crippen molar-refractivity contribution in [1.29, 1.82) is 0 Å². The number of fused-ring (bicyclic) bond motifs is 1. The standard InChI is InChI=1S/C9H8BrNO2/c10-7-4-6(9(12)13)3-5-1-2-11-8(5)7/h1-4,9,11-13H. The lowest BCUT2D eigenvalue weighted by Crippen LogP contribution is -1.94. The molecule has 1 aromatic heterocycles. The summed E-state index contributed by atoms with van der Waals surface area (Å²) in [6.07, 6.45) is 0.388. The molecule has 0 saturated carbocycles. The summed E-state index contributed by atoms with van der Waals surface area (Å²) in [5.41, 5.74) is 1.45. The van der Waals surface area contributed by atoms with Gasteiger partial charge < -0.3 is 15.2 Å². The normalized spacial score (nSPS) is 11.4. The number of aliphatic hydroxyl groups excluding tert-OH is 1. The molecule has 0 amide bonds. The number of aliphatic hydroxyl groups is 2. The minimum Gasteiger partial charge on any atom is -0.364 e. The van der Waals surface area contributed by atoms with E-state index >= 15 is 0 Å². The Kier molecular flexibility index (Phi) is 2.11. The zero-order valence-electron chi connectivity index (χ0n) is 6.66. The van der Waals surface area contributed by atoms with E-state index in [0.717, 1.165) is 15.4 Å². The van der Waals surface area contributed by atoms with Gasteiger partial charge in [0.25, 0.3) is 0 Å². The molecule has 0 atom stereocenters. The highest BCUT2D eigenvalue weighted by Crippen LogP contribution is 2.26. The molecule has 0 saturated heterocycles. The molecule has 0 fully saturated rings. The maximum atomic E-state index is 8.97. The first-order chi connectivity index (χ1) is 6.18. The first-order valence-corrected chi connectivity index (χ1v) is 4.60. The van der Waals surface area contributed by atoms with Crippen LogP contribution in [-0.2, 0) is 0 Å². The van der Waals surface area contributed by atoms with E-state index in [9.17, 15) is 0 Å². The monoisotopic (exact) mass is 241 g/mol. The zero-order chi connectivity index (χ0) is 9.42. The van der Waals surface area contributed by atoms with Crippen LogP contribution in [0.3, 0.4) is 0 Å². The lowest BCUT2D eigenvalue weighted by atomic mass is 10.1. The molecular formula is C9H8BrNO2. The van der Waals surface area contributed by atoms with Gasteiger partial charge in [0, 0.05) is 21.6 Å². The van der Waals surface area contributed by atoms with Gasteiger partial charge in [-0.25, -0.2) is 0 Å². The number of nitrogens with one attached hydrogen (secondary N) is 1. The third kappa shape index (κ3) is 1.48. The number of aromatic amines is 1. The second-order valence-corrected chi connectivity index (χ2v) is 3.67. The highest BCUT2D eigenvalue weighted by atomic mass is 79.9. The summed E-state index contributed by atoms with van der Waals surface area (Å²) in [6, 6.07) is 5.30. The number of aromatic nitrogens is 1. The van der Waals surface area contributed by atoms with Gasteiger partial charge in [0.05, 0.1) is 5.52 Å². The van der Waals surface area contributed by atoms with Gasteiger partial charge in [-0.2, -0.15) is 0 Å². The van der Waals surface area contributed by atoms with Crippen molar-refractivity contribution in [1.82, 2.24) is 4.98 Å². The van der Waals surface area contributed by atoms with Crippen LogP contribution in [0.5, 0.6) is 0 Å². The SMILES string of the molecule is OC(O)c1cc(Br)c2[nH]ccc2c1. The second kappa shape index (κ2) is 3.14. The van der Waals surface area contributed by atoms with E-state index in [2.05, 4.69) is 20.9 Å². The number of hydrogen-bond acceptors (Lipinski definition) is 2. The number of hydrogen-bond donors (Lipinski definition) is 3. The Hall–Kier alpha value is -0.840. The second-order valence-electron chi connectivity index (χ2n) is 2.82. The molecule has 0 bridgehead atoms. The molecule has 0 radical (unpaired) electrons. The fourth-order valence-electron chi connectivity index (χ4n) is 1.30. The summed E-state index contributed by atoms with van der Waals surface area (Å²) in [6.45, 7) is 0. The van der Waals surface area contributed by atoms with Crippen LogP contribution in [0.25, 0.3) is 10.9 Å². The average molecular weight is 242 g/mol. The van der Waals surface area contributed by atoms with Crippen LogP contribution in [0.4, 0.5) is 0 Å². The van der Waals surface area contributed by atoms with E-state index in [1.807, 2.05) is 12.3 Å².